The van der Waals surface area contributed by atoms with E-state index in [1.165, 1.54) is 28.6 Å². The number of piperazine rings is 1. The highest BCUT2D eigenvalue weighted by molar-refractivity contribution is 7.89. The van der Waals surface area contributed by atoms with Gasteiger partial charge in [0, 0.05) is 44.1 Å². The Kier molecular flexibility index (Phi) is 5.35. The number of hydrogen-bond acceptors (Lipinski definition) is 5. The highest BCUT2D eigenvalue weighted by atomic mass is 32.2. The van der Waals surface area contributed by atoms with Crippen molar-refractivity contribution in [2.75, 3.05) is 26.2 Å². The van der Waals surface area contributed by atoms with Crippen molar-refractivity contribution in [1.82, 2.24) is 19.0 Å². The van der Waals surface area contributed by atoms with Gasteiger partial charge in [-0.15, -0.1) is 0 Å². The van der Waals surface area contributed by atoms with Gasteiger partial charge in [-0.3, -0.25) is 4.79 Å². The van der Waals surface area contributed by atoms with Crippen LogP contribution in [-0.2, 0) is 10.0 Å². The normalized spacial score (nSPS) is 15.0. The van der Waals surface area contributed by atoms with Gasteiger partial charge in [-0.25, -0.2) is 13.1 Å². The first-order chi connectivity index (χ1) is 14.5. The number of amides is 1. The van der Waals surface area contributed by atoms with Crippen LogP contribution in [0.4, 0.5) is 0 Å². The highest BCUT2D eigenvalue weighted by Gasteiger charge is 2.30. The molecule has 1 aromatic heterocycles. The van der Waals surface area contributed by atoms with Crippen LogP contribution in [0.25, 0.3) is 5.69 Å². The lowest BCUT2D eigenvalue weighted by atomic mass is 10.1. The Balaban J connectivity index is 1.41. The number of carbonyl (C=O) groups excluding carboxylic acids is 1. The number of hydrogen-bond donors (Lipinski definition) is 0. The van der Waals surface area contributed by atoms with E-state index in [4.69, 9.17) is 5.26 Å². The van der Waals surface area contributed by atoms with Gasteiger partial charge in [0.1, 0.15) is 0 Å². The van der Waals surface area contributed by atoms with Gasteiger partial charge >= 0.3 is 0 Å². The van der Waals surface area contributed by atoms with E-state index in [0.29, 0.717) is 24.2 Å². The summed E-state index contributed by atoms with van der Waals surface area (Å²) in [5.74, 6) is -0.127. The summed E-state index contributed by atoms with van der Waals surface area (Å²) in [5.41, 5.74) is 1.81. The maximum atomic E-state index is 12.8. The fourth-order valence-electron chi connectivity index (χ4n) is 3.34. The Morgan fingerprint density at radius 2 is 1.63 bits per heavy atom. The SMILES string of the molecule is N#Cc1ccc(S(=O)(=O)N2CCN(C(=O)c3ccc(-n4cccn4)cc3)CC2)cc1. The number of sulfonamides is 1. The first kappa shape index (κ1) is 19.8. The minimum Gasteiger partial charge on any atom is -0.336 e. The van der Waals surface area contributed by atoms with Crippen molar-refractivity contribution in [3.05, 3.63) is 78.1 Å². The summed E-state index contributed by atoms with van der Waals surface area (Å²) in [4.78, 5) is 14.6. The van der Waals surface area contributed by atoms with Crippen molar-refractivity contribution in [3.63, 3.8) is 0 Å². The quantitative estimate of drug-likeness (QED) is 0.641. The standard InChI is InChI=1S/C21H19N5O3S/c22-16-17-2-8-20(9-3-17)30(28,29)25-14-12-24(13-15-25)21(27)18-4-6-19(7-5-18)26-11-1-10-23-26/h1-11H,12-15H2. The fraction of sp³-hybridized carbons (Fsp3) is 0.190. The Labute approximate surface area is 174 Å². The van der Waals surface area contributed by atoms with E-state index < -0.39 is 10.0 Å². The smallest absolute Gasteiger partial charge is 0.253 e. The molecule has 1 aliphatic rings. The first-order valence-corrected chi connectivity index (χ1v) is 10.8. The summed E-state index contributed by atoms with van der Waals surface area (Å²) in [6.45, 7) is 1.07. The summed E-state index contributed by atoms with van der Waals surface area (Å²) < 4.78 is 28.7. The molecule has 4 rings (SSSR count). The molecule has 1 saturated heterocycles. The molecule has 0 radical (unpaired) electrons. The Morgan fingerprint density at radius 1 is 0.967 bits per heavy atom. The van der Waals surface area contributed by atoms with Crippen LogP contribution >= 0.6 is 0 Å². The van der Waals surface area contributed by atoms with Gasteiger partial charge in [-0.05, 0) is 54.6 Å². The molecule has 3 aromatic rings. The lowest BCUT2D eigenvalue weighted by molar-refractivity contribution is 0.0698. The van der Waals surface area contributed by atoms with Crippen LogP contribution in [0.1, 0.15) is 15.9 Å². The summed E-state index contributed by atoms with van der Waals surface area (Å²) in [6.07, 6.45) is 3.51. The average molecular weight is 421 g/mol. The van der Waals surface area contributed by atoms with E-state index in [-0.39, 0.29) is 23.9 Å². The molecule has 0 bridgehead atoms. The number of nitrogens with zero attached hydrogens (tertiary/aromatic N) is 5. The third-order valence-electron chi connectivity index (χ3n) is 5.03. The molecule has 0 saturated carbocycles. The Hall–Kier alpha value is -3.48. The molecule has 1 aliphatic heterocycles. The number of carbonyl (C=O) groups is 1. The van der Waals surface area contributed by atoms with Gasteiger partial charge in [0.25, 0.3) is 5.91 Å². The van der Waals surface area contributed by atoms with Crippen LogP contribution < -0.4 is 0 Å². The third kappa shape index (κ3) is 3.83. The zero-order chi connectivity index (χ0) is 21.1. The van der Waals surface area contributed by atoms with Crippen LogP contribution in [0.5, 0.6) is 0 Å². The fourth-order valence-corrected chi connectivity index (χ4v) is 4.77. The molecule has 2 aromatic carbocycles. The Bertz CT molecular complexity index is 1170. The average Bonchev–Trinajstić information content (AvgIpc) is 3.34. The molecule has 8 nitrogen and oxygen atoms in total. The van der Waals surface area contributed by atoms with Crippen molar-refractivity contribution >= 4 is 15.9 Å². The molecule has 0 aliphatic carbocycles. The van der Waals surface area contributed by atoms with Crippen molar-refractivity contribution < 1.29 is 13.2 Å². The molecule has 0 unspecified atom stereocenters. The Morgan fingerprint density at radius 3 is 2.20 bits per heavy atom. The minimum absolute atomic E-state index is 0.127. The van der Waals surface area contributed by atoms with E-state index in [1.807, 2.05) is 30.5 Å². The predicted octanol–water partition coefficient (Wildman–Crippen LogP) is 1.89. The molecule has 0 spiro atoms. The monoisotopic (exact) mass is 421 g/mol. The lowest BCUT2D eigenvalue weighted by Crippen LogP contribution is -2.50. The number of aromatic nitrogens is 2. The number of nitriles is 1. The van der Waals surface area contributed by atoms with Crippen LogP contribution in [0.2, 0.25) is 0 Å². The van der Waals surface area contributed by atoms with Crippen molar-refractivity contribution in [2.45, 2.75) is 4.90 Å². The molecule has 152 valence electrons. The summed E-state index contributed by atoms with van der Waals surface area (Å²) in [6, 6.07) is 16.8. The lowest BCUT2D eigenvalue weighted by Gasteiger charge is -2.34. The zero-order valence-electron chi connectivity index (χ0n) is 16.0. The molecule has 0 N–H and O–H groups in total. The van der Waals surface area contributed by atoms with Gasteiger partial charge in [-0.2, -0.15) is 14.7 Å². The largest absolute Gasteiger partial charge is 0.336 e. The van der Waals surface area contributed by atoms with Gasteiger partial charge in [0.15, 0.2) is 0 Å². The molecular weight excluding hydrogens is 402 g/mol. The van der Waals surface area contributed by atoms with Gasteiger partial charge < -0.3 is 4.90 Å². The molecule has 2 heterocycles. The number of benzene rings is 2. The highest BCUT2D eigenvalue weighted by Crippen LogP contribution is 2.19. The second-order valence-corrected chi connectivity index (χ2v) is 8.77. The van der Waals surface area contributed by atoms with Crippen LogP contribution in [0.15, 0.2) is 71.9 Å². The van der Waals surface area contributed by atoms with E-state index in [1.54, 1.807) is 27.9 Å². The maximum absolute atomic E-state index is 12.8. The zero-order valence-corrected chi connectivity index (χ0v) is 16.9. The molecule has 30 heavy (non-hydrogen) atoms. The van der Waals surface area contributed by atoms with Crippen molar-refractivity contribution in [1.29, 1.82) is 5.26 Å². The van der Waals surface area contributed by atoms with Crippen molar-refractivity contribution in [3.8, 4) is 11.8 Å². The van der Waals surface area contributed by atoms with E-state index in [9.17, 15) is 13.2 Å². The molecule has 0 atom stereocenters. The topological polar surface area (TPSA) is 99.3 Å². The summed E-state index contributed by atoms with van der Waals surface area (Å²) in [5, 5.41) is 13.0. The summed E-state index contributed by atoms with van der Waals surface area (Å²) >= 11 is 0. The first-order valence-electron chi connectivity index (χ1n) is 9.39. The molecule has 1 amide bonds. The maximum Gasteiger partial charge on any atom is 0.253 e. The predicted molar refractivity (Wildman–Crippen MR) is 109 cm³/mol. The van der Waals surface area contributed by atoms with Crippen LogP contribution in [0, 0.1) is 11.3 Å². The third-order valence-corrected chi connectivity index (χ3v) is 6.94. The minimum atomic E-state index is -3.66. The van der Waals surface area contributed by atoms with E-state index in [0.717, 1.165) is 5.69 Å². The van der Waals surface area contributed by atoms with Crippen LogP contribution in [-0.4, -0.2) is 59.5 Å². The van der Waals surface area contributed by atoms with Crippen molar-refractivity contribution in [2.24, 2.45) is 0 Å². The van der Waals surface area contributed by atoms with Gasteiger partial charge in [-0.1, -0.05) is 0 Å². The summed E-state index contributed by atoms with van der Waals surface area (Å²) in [7, 11) is -3.66. The number of rotatable bonds is 4. The second kappa shape index (κ2) is 8.10. The molecule has 1 fully saturated rings. The molecular formula is C21H19N5O3S. The van der Waals surface area contributed by atoms with E-state index >= 15 is 0 Å². The van der Waals surface area contributed by atoms with Crippen LogP contribution in [0.3, 0.4) is 0 Å². The molecule has 9 heteroatoms. The van der Waals surface area contributed by atoms with Gasteiger partial charge in [0.05, 0.1) is 22.2 Å². The van der Waals surface area contributed by atoms with Gasteiger partial charge in [0.2, 0.25) is 10.0 Å². The second-order valence-electron chi connectivity index (χ2n) is 6.83. The van der Waals surface area contributed by atoms with E-state index in [2.05, 4.69) is 5.10 Å².